The molecule has 0 aliphatic carbocycles. The average Bonchev–Trinajstić information content (AvgIpc) is 3.33. The summed E-state index contributed by atoms with van der Waals surface area (Å²) < 4.78 is 45.5. The number of amides is 3. The van der Waals surface area contributed by atoms with E-state index in [0.717, 1.165) is 6.07 Å². The molecule has 32 heavy (non-hydrogen) atoms. The van der Waals surface area contributed by atoms with Gasteiger partial charge < -0.3 is 19.5 Å². The van der Waals surface area contributed by atoms with Gasteiger partial charge in [-0.2, -0.15) is 0 Å². The number of hydrogen-bond donors (Lipinski definition) is 1. The number of furan rings is 1. The van der Waals surface area contributed by atoms with Crippen molar-refractivity contribution in [2.75, 3.05) is 31.5 Å². The third-order valence-corrected chi connectivity index (χ3v) is 5.24. The van der Waals surface area contributed by atoms with Crippen LogP contribution in [-0.2, 0) is 9.59 Å². The molecule has 10 heteroatoms. The molecule has 0 spiro atoms. The first-order valence-corrected chi connectivity index (χ1v) is 10.4. The van der Waals surface area contributed by atoms with Gasteiger partial charge >= 0.3 is 0 Å². The number of anilines is 1. The Morgan fingerprint density at radius 1 is 1.19 bits per heavy atom. The maximum absolute atomic E-state index is 13.8. The van der Waals surface area contributed by atoms with E-state index in [0.29, 0.717) is 31.9 Å². The molecular formula is C22H24F3N3O4. The molecule has 1 aromatic carbocycles. The molecule has 0 radical (unpaired) electrons. The van der Waals surface area contributed by atoms with E-state index in [-0.39, 0.29) is 37.2 Å². The fourth-order valence-corrected chi connectivity index (χ4v) is 3.70. The first-order valence-electron chi connectivity index (χ1n) is 10.4. The summed E-state index contributed by atoms with van der Waals surface area (Å²) in [7, 11) is 0. The Hall–Kier alpha value is -3.30. The Bertz CT molecular complexity index is 981. The maximum atomic E-state index is 13.8. The van der Waals surface area contributed by atoms with Gasteiger partial charge in [-0.3, -0.25) is 14.4 Å². The number of rotatable bonds is 7. The lowest BCUT2D eigenvalue weighted by Gasteiger charge is -2.34. The molecule has 3 rings (SSSR count). The van der Waals surface area contributed by atoms with Gasteiger partial charge in [-0.05, 0) is 43.5 Å². The van der Waals surface area contributed by atoms with Crippen molar-refractivity contribution in [1.82, 2.24) is 9.80 Å². The Balaban J connectivity index is 1.65. The summed E-state index contributed by atoms with van der Waals surface area (Å²) in [5.41, 5.74) is -0.509. The second-order valence-corrected chi connectivity index (χ2v) is 7.60. The summed E-state index contributed by atoms with van der Waals surface area (Å²) in [6, 6.07) is 4.78. The first-order chi connectivity index (χ1) is 15.3. The second kappa shape index (κ2) is 10.3. The molecule has 1 N–H and O–H groups in total. The fourth-order valence-electron chi connectivity index (χ4n) is 3.70. The number of likely N-dealkylation sites (tertiary alicyclic amines) is 1. The van der Waals surface area contributed by atoms with Gasteiger partial charge in [0.2, 0.25) is 11.8 Å². The molecule has 2 aromatic rings. The van der Waals surface area contributed by atoms with Crippen LogP contribution < -0.4 is 5.32 Å². The van der Waals surface area contributed by atoms with E-state index >= 15 is 0 Å². The molecule has 1 aliphatic heterocycles. The standard InChI is InChI=1S/C22H24F3N3O4/c1-2-9-27(13-18(29)26-16-8-7-15(23)19(24)20(16)25)21(30)14-5-3-10-28(12-14)22(31)17-6-4-11-32-17/h4,6-8,11,14H,2-3,5,9-10,12-13H2,1H3,(H,26,29). The van der Waals surface area contributed by atoms with E-state index < -0.39 is 35.0 Å². The lowest BCUT2D eigenvalue weighted by atomic mass is 9.96. The number of carbonyl (C=O) groups is 3. The van der Waals surface area contributed by atoms with E-state index in [4.69, 9.17) is 4.42 Å². The molecule has 1 aromatic heterocycles. The SMILES string of the molecule is CCCN(CC(=O)Nc1ccc(F)c(F)c1F)C(=O)C1CCCN(C(=O)c2ccco2)C1. The van der Waals surface area contributed by atoms with E-state index in [1.165, 1.54) is 11.2 Å². The third kappa shape index (κ3) is 5.30. The molecule has 172 valence electrons. The van der Waals surface area contributed by atoms with Crippen LogP contribution in [0.4, 0.5) is 18.9 Å². The van der Waals surface area contributed by atoms with Crippen LogP contribution in [0.3, 0.4) is 0 Å². The molecule has 1 fully saturated rings. The van der Waals surface area contributed by atoms with Crippen molar-refractivity contribution < 1.29 is 32.0 Å². The molecule has 7 nitrogen and oxygen atoms in total. The van der Waals surface area contributed by atoms with Crippen molar-refractivity contribution in [2.24, 2.45) is 5.92 Å². The molecule has 1 unspecified atom stereocenters. The largest absolute Gasteiger partial charge is 0.459 e. The van der Waals surface area contributed by atoms with E-state index in [1.54, 1.807) is 17.0 Å². The number of hydrogen-bond acceptors (Lipinski definition) is 4. The van der Waals surface area contributed by atoms with Crippen molar-refractivity contribution >= 4 is 23.4 Å². The number of carbonyl (C=O) groups excluding carboxylic acids is 3. The highest BCUT2D eigenvalue weighted by atomic mass is 19.2. The Kier molecular flexibility index (Phi) is 7.55. The Morgan fingerprint density at radius 3 is 2.66 bits per heavy atom. The summed E-state index contributed by atoms with van der Waals surface area (Å²) in [6.45, 7) is 2.41. The minimum absolute atomic E-state index is 0.191. The Labute approximate surface area is 183 Å². The van der Waals surface area contributed by atoms with Crippen molar-refractivity contribution in [3.05, 3.63) is 53.7 Å². The molecule has 3 amide bonds. The first kappa shape index (κ1) is 23.4. The summed E-state index contributed by atoms with van der Waals surface area (Å²) >= 11 is 0. The van der Waals surface area contributed by atoms with E-state index in [1.807, 2.05) is 6.92 Å². The van der Waals surface area contributed by atoms with Crippen molar-refractivity contribution in [2.45, 2.75) is 26.2 Å². The monoisotopic (exact) mass is 451 g/mol. The predicted octanol–water partition coefficient (Wildman–Crippen LogP) is 3.43. The van der Waals surface area contributed by atoms with Crippen LogP contribution in [0, 0.1) is 23.4 Å². The second-order valence-electron chi connectivity index (χ2n) is 7.60. The van der Waals surface area contributed by atoms with E-state index in [9.17, 15) is 27.6 Å². The summed E-state index contributed by atoms with van der Waals surface area (Å²) in [6.07, 6.45) is 3.15. The van der Waals surface area contributed by atoms with Crippen LogP contribution in [0.1, 0.15) is 36.7 Å². The zero-order valence-electron chi connectivity index (χ0n) is 17.6. The highest BCUT2D eigenvalue weighted by Crippen LogP contribution is 2.22. The number of nitrogens with one attached hydrogen (secondary N) is 1. The highest BCUT2D eigenvalue weighted by molar-refractivity contribution is 5.95. The predicted molar refractivity (Wildman–Crippen MR) is 109 cm³/mol. The van der Waals surface area contributed by atoms with Gasteiger partial charge in [0.1, 0.15) is 0 Å². The lowest BCUT2D eigenvalue weighted by Crippen LogP contribution is -2.48. The van der Waals surface area contributed by atoms with Crippen LogP contribution >= 0.6 is 0 Å². The topological polar surface area (TPSA) is 82.9 Å². The number of nitrogens with zero attached hydrogens (tertiary/aromatic N) is 2. The third-order valence-electron chi connectivity index (χ3n) is 5.24. The summed E-state index contributed by atoms with van der Waals surface area (Å²) in [5.74, 6) is -6.21. The molecule has 1 atom stereocenters. The van der Waals surface area contributed by atoms with Gasteiger partial charge in [-0.25, -0.2) is 13.2 Å². The molecule has 0 saturated carbocycles. The summed E-state index contributed by atoms with van der Waals surface area (Å²) in [5, 5.41) is 2.18. The van der Waals surface area contributed by atoms with Crippen molar-refractivity contribution in [1.29, 1.82) is 0 Å². The molecule has 1 saturated heterocycles. The van der Waals surface area contributed by atoms with Crippen LogP contribution in [0.25, 0.3) is 0 Å². The Morgan fingerprint density at radius 2 is 1.97 bits per heavy atom. The van der Waals surface area contributed by atoms with Crippen molar-refractivity contribution in [3.63, 3.8) is 0 Å². The minimum atomic E-state index is -1.69. The normalized spacial score (nSPS) is 16.0. The van der Waals surface area contributed by atoms with Gasteiger partial charge in [0.25, 0.3) is 5.91 Å². The lowest BCUT2D eigenvalue weighted by molar-refractivity contribution is -0.139. The van der Waals surface area contributed by atoms with Crippen LogP contribution in [0.5, 0.6) is 0 Å². The van der Waals surface area contributed by atoms with Crippen LogP contribution in [0.15, 0.2) is 34.9 Å². The van der Waals surface area contributed by atoms with Gasteiger partial charge in [-0.15, -0.1) is 0 Å². The summed E-state index contributed by atoms with van der Waals surface area (Å²) in [4.78, 5) is 40.9. The van der Waals surface area contributed by atoms with Crippen molar-refractivity contribution in [3.8, 4) is 0 Å². The quantitative estimate of drug-likeness (QED) is 0.654. The zero-order chi connectivity index (χ0) is 23.3. The van der Waals surface area contributed by atoms with Crippen LogP contribution in [0.2, 0.25) is 0 Å². The smallest absolute Gasteiger partial charge is 0.289 e. The minimum Gasteiger partial charge on any atom is -0.459 e. The van der Waals surface area contributed by atoms with Crippen LogP contribution in [-0.4, -0.2) is 53.7 Å². The van der Waals surface area contributed by atoms with Gasteiger partial charge in [-0.1, -0.05) is 6.92 Å². The van der Waals surface area contributed by atoms with E-state index in [2.05, 4.69) is 5.32 Å². The molecule has 1 aliphatic rings. The average molecular weight is 451 g/mol. The number of piperidine rings is 1. The molecule has 0 bridgehead atoms. The van der Waals surface area contributed by atoms with Gasteiger partial charge in [0.15, 0.2) is 23.2 Å². The molecular weight excluding hydrogens is 427 g/mol. The highest BCUT2D eigenvalue weighted by Gasteiger charge is 2.33. The van der Waals surface area contributed by atoms with Gasteiger partial charge in [0.05, 0.1) is 24.4 Å². The number of benzene rings is 1. The molecule has 2 heterocycles. The fraction of sp³-hybridized carbons (Fsp3) is 0.409. The zero-order valence-corrected chi connectivity index (χ0v) is 17.6. The maximum Gasteiger partial charge on any atom is 0.289 e. The number of halogens is 3. The van der Waals surface area contributed by atoms with Gasteiger partial charge in [0, 0.05) is 19.6 Å².